The Morgan fingerprint density at radius 2 is 1.04 bits per heavy atom. The quantitative estimate of drug-likeness (QED) is 0.126. The molecule has 264 valence electrons. The van der Waals surface area contributed by atoms with Gasteiger partial charge in [-0.15, -0.1) is 0 Å². The second-order valence-corrected chi connectivity index (χ2v) is 13.7. The van der Waals surface area contributed by atoms with Crippen molar-refractivity contribution in [2.75, 3.05) is 13.2 Å². The second kappa shape index (κ2) is 15.3. The zero-order valence-corrected chi connectivity index (χ0v) is 27.7. The molecule has 4 unspecified atom stereocenters. The average Bonchev–Trinajstić information content (AvgIpc) is 3.07. The summed E-state index contributed by atoms with van der Waals surface area (Å²) in [6.07, 6.45) is -11.6. The van der Waals surface area contributed by atoms with Crippen molar-refractivity contribution in [1.82, 2.24) is 0 Å². The van der Waals surface area contributed by atoms with Gasteiger partial charge in [0.25, 0.3) is 0 Å². The molecule has 4 heterocycles. The smallest absolute Gasteiger partial charge is 0.341 e. The molecule has 14 nitrogen and oxygen atoms in total. The normalized spacial score (nSPS) is 30.6. The zero-order valence-electron chi connectivity index (χ0n) is 25.3. The van der Waals surface area contributed by atoms with Gasteiger partial charge in [-0.25, -0.2) is 9.59 Å². The molecule has 2 aromatic heterocycles. The van der Waals surface area contributed by atoms with Crippen LogP contribution >= 0.6 is 35.0 Å². The molecule has 49 heavy (non-hydrogen) atoms. The number of ether oxygens (including phenoxy) is 4. The molecule has 0 spiro atoms. The average molecular weight is 744 g/mol. The van der Waals surface area contributed by atoms with Crippen molar-refractivity contribution in [3.63, 3.8) is 0 Å². The van der Waals surface area contributed by atoms with Gasteiger partial charge in [0.15, 0.2) is 0 Å². The van der Waals surface area contributed by atoms with Gasteiger partial charge in [0.2, 0.25) is 0 Å². The van der Waals surface area contributed by atoms with Crippen LogP contribution in [0.5, 0.6) is 0 Å². The van der Waals surface area contributed by atoms with Gasteiger partial charge in [0.05, 0.1) is 37.6 Å². The summed E-state index contributed by atoms with van der Waals surface area (Å²) in [6, 6.07) is 12.4. The van der Waals surface area contributed by atoms with Crippen LogP contribution in [0.1, 0.15) is 11.1 Å². The van der Waals surface area contributed by atoms with E-state index in [0.717, 1.165) is 11.8 Å². The molecule has 0 aliphatic carbocycles. The van der Waals surface area contributed by atoms with Crippen LogP contribution in [0.15, 0.2) is 67.0 Å². The van der Waals surface area contributed by atoms with Crippen LogP contribution in [0.25, 0.3) is 21.9 Å². The van der Waals surface area contributed by atoms with Crippen molar-refractivity contribution in [1.29, 1.82) is 0 Å². The Kier molecular flexibility index (Phi) is 11.3. The number of rotatable bonds is 10. The second-order valence-electron chi connectivity index (χ2n) is 11.6. The first-order valence-electron chi connectivity index (χ1n) is 15.1. The fourth-order valence-corrected chi connectivity index (χ4v) is 7.38. The van der Waals surface area contributed by atoms with E-state index in [-0.39, 0.29) is 11.1 Å². The van der Waals surface area contributed by atoms with Crippen molar-refractivity contribution in [3.8, 4) is 0 Å². The third kappa shape index (κ3) is 7.69. The molecule has 0 amide bonds. The van der Waals surface area contributed by atoms with Crippen LogP contribution in [0.2, 0.25) is 10.0 Å². The molecule has 2 aromatic carbocycles. The van der Waals surface area contributed by atoms with Crippen LogP contribution in [0.3, 0.4) is 0 Å². The van der Waals surface area contributed by atoms with Crippen molar-refractivity contribution in [2.24, 2.45) is 0 Å². The lowest BCUT2D eigenvalue weighted by atomic mass is 9.99. The molecule has 2 aliphatic heterocycles. The van der Waals surface area contributed by atoms with Crippen molar-refractivity contribution >= 4 is 56.9 Å². The van der Waals surface area contributed by atoms with E-state index in [1.54, 1.807) is 24.3 Å². The van der Waals surface area contributed by atoms with Gasteiger partial charge in [-0.2, -0.15) is 0 Å². The fraction of sp³-hybridized carbons (Fsp3) is 0.438. The lowest BCUT2D eigenvalue weighted by Crippen LogP contribution is -2.61. The van der Waals surface area contributed by atoms with Gasteiger partial charge >= 0.3 is 11.3 Å². The molecule has 6 rings (SSSR count). The summed E-state index contributed by atoms with van der Waals surface area (Å²) in [6.45, 7) is -2.16. The molecule has 0 radical (unpaired) electrons. The monoisotopic (exact) mass is 742 g/mol. The highest BCUT2D eigenvalue weighted by atomic mass is 35.5. The maximum absolute atomic E-state index is 12.6. The SMILES string of the molecule is O=c1oc2ccc(Cl)cc2cc1COC1[C@@H](O)C(CO)O[C@@H](S[C@@H]2OC(CO)[C@H](O)C(OCc3cc4cc(Cl)ccc4oc3=O)[C@@H]2O)[C@@H]1O. The summed E-state index contributed by atoms with van der Waals surface area (Å²) < 4.78 is 33.7. The predicted octanol–water partition coefficient (Wildman–Crippen LogP) is 1.29. The first-order valence-corrected chi connectivity index (χ1v) is 16.8. The Balaban J connectivity index is 1.17. The van der Waals surface area contributed by atoms with E-state index in [2.05, 4.69) is 0 Å². The molecule has 2 saturated heterocycles. The summed E-state index contributed by atoms with van der Waals surface area (Å²) in [5, 5.41) is 66.0. The maximum atomic E-state index is 12.6. The van der Waals surface area contributed by atoms with E-state index in [1.807, 2.05) is 0 Å². The lowest BCUT2D eigenvalue weighted by molar-refractivity contribution is -0.231. The van der Waals surface area contributed by atoms with Gasteiger partial charge < -0.3 is 58.4 Å². The number of aliphatic hydroxyl groups is 6. The van der Waals surface area contributed by atoms with Crippen molar-refractivity contribution < 1.29 is 58.4 Å². The molecule has 4 aromatic rings. The Labute approximate surface area is 291 Å². The highest BCUT2D eigenvalue weighted by Crippen LogP contribution is 2.38. The van der Waals surface area contributed by atoms with E-state index in [1.165, 1.54) is 24.3 Å². The van der Waals surface area contributed by atoms with Gasteiger partial charge in [0, 0.05) is 20.8 Å². The first-order chi connectivity index (χ1) is 23.5. The molecule has 17 heteroatoms. The minimum Gasteiger partial charge on any atom is -0.422 e. The van der Waals surface area contributed by atoms with E-state index in [0.29, 0.717) is 32.0 Å². The van der Waals surface area contributed by atoms with Gasteiger partial charge in [-0.1, -0.05) is 35.0 Å². The minimum absolute atomic E-state index is 0.0692. The van der Waals surface area contributed by atoms with Crippen LogP contribution in [-0.4, -0.2) is 104 Å². The summed E-state index contributed by atoms with van der Waals surface area (Å²) in [5.41, 5.74) is -3.29. The molecule has 0 saturated carbocycles. The lowest BCUT2D eigenvalue weighted by Gasteiger charge is -2.46. The number of thioether (sulfide) groups is 1. The largest absolute Gasteiger partial charge is 0.422 e. The van der Waals surface area contributed by atoms with Gasteiger partial charge in [-0.05, 0) is 48.5 Å². The van der Waals surface area contributed by atoms with E-state index >= 15 is 0 Å². The first kappa shape index (κ1) is 36.2. The maximum Gasteiger partial charge on any atom is 0.341 e. The highest BCUT2D eigenvalue weighted by Gasteiger charge is 2.51. The van der Waals surface area contributed by atoms with Crippen LogP contribution in [0.4, 0.5) is 0 Å². The molecule has 6 N–H and O–H groups in total. The Bertz CT molecular complexity index is 1770. The highest BCUT2D eigenvalue weighted by molar-refractivity contribution is 8.00. The summed E-state index contributed by atoms with van der Waals surface area (Å²) in [7, 11) is 0. The van der Waals surface area contributed by atoms with Crippen molar-refractivity contribution in [3.05, 3.63) is 90.5 Å². The van der Waals surface area contributed by atoms with Gasteiger partial charge in [-0.3, -0.25) is 0 Å². The minimum atomic E-state index is -1.60. The number of benzene rings is 2. The molecule has 0 bridgehead atoms. The van der Waals surface area contributed by atoms with Gasteiger partial charge in [0.1, 0.15) is 70.9 Å². The summed E-state index contributed by atoms with van der Waals surface area (Å²) in [4.78, 5) is 25.2. The molecule has 10 atom stereocenters. The zero-order chi connectivity index (χ0) is 35.0. The molecule has 2 fully saturated rings. The Morgan fingerprint density at radius 1 is 0.633 bits per heavy atom. The fourth-order valence-electron chi connectivity index (χ4n) is 5.70. The van der Waals surface area contributed by atoms with Crippen LogP contribution < -0.4 is 11.3 Å². The number of fused-ring (bicyclic) bond motifs is 2. The third-order valence-corrected chi connectivity index (χ3v) is 10.1. The third-order valence-electron chi connectivity index (χ3n) is 8.31. The predicted molar refractivity (Wildman–Crippen MR) is 175 cm³/mol. The van der Waals surface area contributed by atoms with Crippen molar-refractivity contribution in [2.45, 2.75) is 72.9 Å². The standard InChI is InChI=1S/C32H32Cl2O14S/c33-17-1-3-19-13(7-17)5-15(29(41)45-19)11-43-27-23(37)21(9-35)47-31(25(27)39)49-32-26(40)28(24(38)22(10-36)48-32)44-12-16-6-14-8-18(34)2-4-20(14)46-30(16)42/h1-8,21-28,31-32,35-40H,9-12H2/t21?,22?,23-,24-,25-,26+,27?,28?,31-,32-/m0/s1. The van der Waals surface area contributed by atoms with E-state index < -0.39 is 97.4 Å². The Morgan fingerprint density at radius 3 is 1.43 bits per heavy atom. The molecular formula is C32H32Cl2O14S. The number of hydrogen-bond acceptors (Lipinski definition) is 15. The molecule has 2 aliphatic rings. The summed E-state index contributed by atoms with van der Waals surface area (Å²) in [5.74, 6) is 0. The topological polar surface area (TPSA) is 219 Å². The van der Waals surface area contributed by atoms with E-state index in [4.69, 9.17) is 51.0 Å². The Hall–Kier alpha value is -2.61. The number of hydrogen-bond donors (Lipinski definition) is 6. The molecular weight excluding hydrogens is 711 g/mol. The van der Waals surface area contributed by atoms with Crippen LogP contribution in [0, 0.1) is 0 Å². The number of halogens is 2. The van der Waals surface area contributed by atoms with E-state index in [9.17, 15) is 40.2 Å². The van der Waals surface area contributed by atoms with Crippen LogP contribution in [-0.2, 0) is 32.2 Å². The number of aliphatic hydroxyl groups excluding tert-OH is 6. The summed E-state index contributed by atoms with van der Waals surface area (Å²) >= 11 is 12.8.